The van der Waals surface area contributed by atoms with Gasteiger partial charge in [0, 0.05) is 43.2 Å². The van der Waals surface area contributed by atoms with Crippen molar-refractivity contribution in [2.75, 3.05) is 6.54 Å². The van der Waals surface area contributed by atoms with Gasteiger partial charge in [-0.15, -0.1) is 0 Å². The summed E-state index contributed by atoms with van der Waals surface area (Å²) in [6.07, 6.45) is 6.97. The van der Waals surface area contributed by atoms with Crippen LogP contribution in [0.15, 0.2) is 30.7 Å². The number of carbonyl (C=O) groups is 1. The van der Waals surface area contributed by atoms with Crippen LogP contribution in [-0.2, 0) is 19.5 Å². The Bertz CT molecular complexity index is 927. The van der Waals surface area contributed by atoms with Crippen molar-refractivity contribution < 1.29 is 4.79 Å². The summed E-state index contributed by atoms with van der Waals surface area (Å²) in [7, 11) is 0. The lowest BCUT2D eigenvalue weighted by molar-refractivity contribution is 0.0731. The fourth-order valence-corrected chi connectivity index (χ4v) is 3.37. The van der Waals surface area contributed by atoms with Crippen LogP contribution in [-0.4, -0.2) is 42.1 Å². The SMILES string of the molecule is CCCn1ncc(C(=O)N2CCc3nc(-c4cccnc4)[nH]c3C2)c1C. The molecule has 0 fully saturated rings. The minimum Gasteiger partial charge on any atom is -0.340 e. The summed E-state index contributed by atoms with van der Waals surface area (Å²) >= 11 is 0. The predicted octanol–water partition coefficient (Wildman–Crippen LogP) is 2.59. The van der Waals surface area contributed by atoms with Gasteiger partial charge < -0.3 is 9.88 Å². The molecule has 0 spiro atoms. The minimum atomic E-state index is 0.0352. The Morgan fingerprint density at radius 3 is 3.00 bits per heavy atom. The Hall–Kier alpha value is -2.96. The molecule has 0 unspecified atom stereocenters. The Morgan fingerprint density at radius 2 is 2.23 bits per heavy atom. The molecular weight excluding hydrogens is 328 g/mol. The smallest absolute Gasteiger partial charge is 0.257 e. The van der Waals surface area contributed by atoms with Crippen molar-refractivity contribution >= 4 is 5.91 Å². The van der Waals surface area contributed by atoms with Gasteiger partial charge in [0.15, 0.2) is 0 Å². The molecule has 0 radical (unpaired) electrons. The van der Waals surface area contributed by atoms with Crippen molar-refractivity contribution in [1.82, 2.24) is 29.6 Å². The van der Waals surface area contributed by atoms with E-state index in [4.69, 9.17) is 0 Å². The lowest BCUT2D eigenvalue weighted by atomic mass is 10.1. The fourth-order valence-electron chi connectivity index (χ4n) is 3.37. The first-order valence-corrected chi connectivity index (χ1v) is 8.97. The van der Waals surface area contributed by atoms with Crippen LogP contribution in [0.25, 0.3) is 11.4 Å². The molecule has 0 aliphatic carbocycles. The predicted molar refractivity (Wildman–Crippen MR) is 97.5 cm³/mol. The third-order valence-corrected chi connectivity index (χ3v) is 4.82. The van der Waals surface area contributed by atoms with Crippen LogP contribution < -0.4 is 0 Å². The zero-order chi connectivity index (χ0) is 18.1. The second-order valence-electron chi connectivity index (χ2n) is 6.60. The van der Waals surface area contributed by atoms with E-state index in [0.29, 0.717) is 18.7 Å². The number of rotatable bonds is 4. The van der Waals surface area contributed by atoms with Gasteiger partial charge in [-0.1, -0.05) is 6.92 Å². The molecule has 3 aromatic rings. The Balaban J connectivity index is 1.55. The molecule has 4 rings (SSSR count). The Labute approximate surface area is 152 Å². The Kier molecular flexibility index (Phi) is 4.28. The van der Waals surface area contributed by atoms with E-state index in [-0.39, 0.29) is 5.91 Å². The quantitative estimate of drug-likeness (QED) is 0.784. The highest BCUT2D eigenvalue weighted by Crippen LogP contribution is 2.23. The summed E-state index contributed by atoms with van der Waals surface area (Å²) in [5.41, 5.74) is 4.61. The van der Waals surface area contributed by atoms with E-state index in [2.05, 4.69) is 27.0 Å². The van der Waals surface area contributed by atoms with Crippen molar-refractivity contribution in [2.24, 2.45) is 0 Å². The van der Waals surface area contributed by atoms with Crippen LogP contribution in [0.5, 0.6) is 0 Å². The second kappa shape index (κ2) is 6.74. The molecule has 0 aromatic carbocycles. The third kappa shape index (κ3) is 2.89. The number of pyridine rings is 1. The maximum Gasteiger partial charge on any atom is 0.257 e. The highest BCUT2D eigenvalue weighted by atomic mass is 16.2. The third-order valence-electron chi connectivity index (χ3n) is 4.82. The maximum absolute atomic E-state index is 13.0. The lowest BCUT2D eigenvalue weighted by Crippen LogP contribution is -2.36. The van der Waals surface area contributed by atoms with Gasteiger partial charge in [0.2, 0.25) is 0 Å². The molecule has 4 heterocycles. The standard InChI is InChI=1S/C19H22N6O/c1-3-8-25-13(2)15(11-21-25)19(26)24-9-6-16-17(12-24)23-18(22-16)14-5-4-7-20-10-14/h4-5,7,10-11H,3,6,8-9,12H2,1-2H3,(H,22,23). The highest BCUT2D eigenvalue weighted by molar-refractivity contribution is 5.95. The number of hydrogen-bond donors (Lipinski definition) is 1. The molecule has 0 saturated carbocycles. The van der Waals surface area contributed by atoms with Crippen LogP contribution >= 0.6 is 0 Å². The second-order valence-corrected chi connectivity index (χ2v) is 6.60. The molecule has 134 valence electrons. The first-order valence-electron chi connectivity index (χ1n) is 8.97. The molecular formula is C19H22N6O. The van der Waals surface area contributed by atoms with Crippen LogP contribution in [0.1, 0.15) is 40.8 Å². The number of aromatic amines is 1. The normalized spacial score (nSPS) is 13.7. The lowest BCUT2D eigenvalue weighted by Gasteiger charge is -2.26. The summed E-state index contributed by atoms with van der Waals surface area (Å²) in [5.74, 6) is 0.845. The van der Waals surface area contributed by atoms with Crippen LogP contribution in [0.4, 0.5) is 0 Å². The van der Waals surface area contributed by atoms with Crippen molar-refractivity contribution in [2.45, 2.75) is 39.8 Å². The molecule has 7 heteroatoms. The van der Waals surface area contributed by atoms with Gasteiger partial charge in [-0.3, -0.25) is 14.5 Å². The number of nitrogens with zero attached hydrogens (tertiary/aromatic N) is 5. The first kappa shape index (κ1) is 16.5. The number of H-pyrrole nitrogens is 1. The first-order chi connectivity index (χ1) is 12.7. The number of nitrogens with one attached hydrogen (secondary N) is 1. The van der Waals surface area contributed by atoms with Crippen molar-refractivity contribution in [3.05, 3.63) is 53.4 Å². The summed E-state index contributed by atoms with van der Waals surface area (Å²) < 4.78 is 1.90. The van der Waals surface area contributed by atoms with Gasteiger partial charge in [-0.05, 0) is 25.5 Å². The molecule has 3 aromatic heterocycles. The number of carbonyl (C=O) groups excluding carboxylic acids is 1. The van der Waals surface area contributed by atoms with E-state index in [1.165, 1.54) is 0 Å². The van der Waals surface area contributed by atoms with E-state index >= 15 is 0 Å². The van der Waals surface area contributed by atoms with Gasteiger partial charge in [0.1, 0.15) is 5.82 Å². The van der Waals surface area contributed by atoms with Crippen molar-refractivity contribution in [1.29, 1.82) is 0 Å². The average Bonchev–Trinajstić information content (AvgIpc) is 3.26. The number of amides is 1. The number of hydrogen-bond acceptors (Lipinski definition) is 4. The summed E-state index contributed by atoms with van der Waals surface area (Å²) in [6.45, 7) is 6.11. The van der Waals surface area contributed by atoms with Gasteiger partial charge in [0.05, 0.1) is 29.7 Å². The zero-order valence-corrected chi connectivity index (χ0v) is 15.1. The Morgan fingerprint density at radius 1 is 1.35 bits per heavy atom. The molecule has 7 nitrogen and oxygen atoms in total. The maximum atomic E-state index is 13.0. The highest BCUT2D eigenvalue weighted by Gasteiger charge is 2.26. The molecule has 0 atom stereocenters. The average molecular weight is 350 g/mol. The van der Waals surface area contributed by atoms with Crippen LogP contribution in [0, 0.1) is 6.92 Å². The molecule has 1 N–H and O–H groups in total. The molecule has 1 aliphatic heterocycles. The van der Waals surface area contributed by atoms with Gasteiger partial charge in [-0.2, -0.15) is 5.10 Å². The van der Waals surface area contributed by atoms with Gasteiger partial charge in [0.25, 0.3) is 5.91 Å². The monoisotopic (exact) mass is 350 g/mol. The largest absolute Gasteiger partial charge is 0.340 e. The van der Waals surface area contributed by atoms with E-state index in [1.54, 1.807) is 18.6 Å². The van der Waals surface area contributed by atoms with Crippen molar-refractivity contribution in [3.8, 4) is 11.4 Å². The van der Waals surface area contributed by atoms with E-state index in [1.807, 2.05) is 28.6 Å². The minimum absolute atomic E-state index is 0.0352. The van der Waals surface area contributed by atoms with E-state index in [0.717, 1.165) is 47.9 Å². The number of aromatic nitrogens is 5. The zero-order valence-electron chi connectivity index (χ0n) is 15.1. The van der Waals surface area contributed by atoms with Crippen LogP contribution in [0.2, 0.25) is 0 Å². The van der Waals surface area contributed by atoms with E-state index in [9.17, 15) is 4.79 Å². The molecule has 0 bridgehead atoms. The molecule has 1 aliphatic rings. The number of imidazole rings is 1. The molecule has 0 saturated heterocycles. The van der Waals surface area contributed by atoms with Crippen molar-refractivity contribution in [3.63, 3.8) is 0 Å². The van der Waals surface area contributed by atoms with Gasteiger partial charge >= 0.3 is 0 Å². The molecule has 1 amide bonds. The van der Waals surface area contributed by atoms with Crippen LogP contribution in [0.3, 0.4) is 0 Å². The molecule has 26 heavy (non-hydrogen) atoms. The number of aryl methyl sites for hydroxylation is 1. The van der Waals surface area contributed by atoms with E-state index < -0.39 is 0 Å². The summed E-state index contributed by atoms with van der Waals surface area (Å²) in [4.78, 5) is 27.0. The number of fused-ring (bicyclic) bond motifs is 1. The topological polar surface area (TPSA) is 79.7 Å². The van der Waals surface area contributed by atoms with Gasteiger partial charge in [-0.25, -0.2) is 4.98 Å². The summed E-state index contributed by atoms with van der Waals surface area (Å²) in [5, 5.41) is 4.35. The fraction of sp³-hybridized carbons (Fsp3) is 0.368. The summed E-state index contributed by atoms with van der Waals surface area (Å²) in [6, 6.07) is 3.87.